The first-order valence-corrected chi connectivity index (χ1v) is 5.86. The number of hydrogen-bond acceptors (Lipinski definition) is 1. The highest BCUT2D eigenvalue weighted by atomic mass is 14.6. The molecule has 0 spiro atoms. The lowest BCUT2D eigenvalue weighted by atomic mass is 9.67. The van der Waals surface area contributed by atoms with Crippen LogP contribution in [0.1, 0.15) is 53.4 Å². The lowest BCUT2D eigenvalue weighted by Gasteiger charge is -2.39. The second kappa shape index (κ2) is 4.48. The third-order valence-corrected chi connectivity index (χ3v) is 3.66. The molecule has 2 N–H and O–H groups in total. The molecule has 0 aliphatic heterocycles. The molecular weight excluding hydrogens is 170 g/mol. The van der Waals surface area contributed by atoms with Gasteiger partial charge in [-0.1, -0.05) is 25.5 Å². The first-order chi connectivity index (χ1) is 6.43. The summed E-state index contributed by atoms with van der Waals surface area (Å²) < 4.78 is 0. The van der Waals surface area contributed by atoms with Crippen LogP contribution in [0.25, 0.3) is 0 Å². The van der Waals surface area contributed by atoms with E-state index in [-0.39, 0.29) is 0 Å². The van der Waals surface area contributed by atoms with Gasteiger partial charge in [0.1, 0.15) is 0 Å². The Morgan fingerprint density at radius 1 is 1.57 bits per heavy atom. The fraction of sp³-hybridized carbons (Fsp3) is 0.846. The quantitative estimate of drug-likeness (QED) is 0.685. The molecule has 1 nitrogen and oxygen atoms in total. The molecule has 1 aliphatic carbocycles. The van der Waals surface area contributed by atoms with Crippen molar-refractivity contribution in [3.8, 4) is 0 Å². The standard InChI is InChI=1S/C13H25N/c1-10-6-5-9-13(3,4)12(10)8-7-11(2)14/h6,11-12H,5,7-9,14H2,1-4H3. The van der Waals surface area contributed by atoms with E-state index in [0.717, 1.165) is 12.3 Å². The van der Waals surface area contributed by atoms with Gasteiger partial charge in [-0.2, -0.15) is 0 Å². The predicted octanol–water partition coefficient (Wildman–Crippen LogP) is 3.50. The highest BCUT2D eigenvalue weighted by Crippen LogP contribution is 2.43. The van der Waals surface area contributed by atoms with Crippen molar-refractivity contribution in [2.45, 2.75) is 59.4 Å². The van der Waals surface area contributed by atoms with Crippen LogP contribution >= 0.6 is 0 Å². The summed E-state index contributed by atoms with van der Waals surface area (Å²) in [6.45, 7) is 9.19. The summed E-state index contributed by atoms with van der Waals surface area (Å²) in [6, 6.07) is 0.348. The average molecular weight is 195 g/mol. The number of hydrogen-bond donors (Lipinski definition) is 1. The smallest absolute Gasteiger partial charge is 0.00106 e. The predicted molar refractivity (Wildman–Crippen MR) is 63.1 cm³/mol. The fourth-order valence-electron chi connectivity index (χ4n) is 2.65. The summed E-state index contributed by atoms with van der Waals surface area (Å²) >= 11 is 0. The molecular formula is C13H25N. The lowest BCUT2D eigenvalue weighted by Crippen LogP contribution is -2.29. The molecule has 0 aromatic rings. The Balaban J connectivity index is 2.62. The minimum Gasteiger partial charge on any atom is -0.328 e. The topological polar surface area (TPSA) is 26.0 Å². The van der Waals surface area contributed by atoms with Gasteiger partial charge in [0.05, 0.1) is 0 Å². The third-order valence-electron chi connectivity index (χ3n) is 3.66. The van der Waals surface area contributed by atoms with Crippen molar-refractivity contribution in [3.63, 3.8) is 0 Å². The van der Waals surface area contributed by atoms with E-state index in [1.807, 2.05) is 0 Å². The summed E-state index contributed by atoms with van der Waals surface area (Å²) in [6.07, 6.45) is 7.41. The van der Waals surface area contributed by atoms with Gasteiger partial charge < -0.3 is 5.73 Å². The SMILES string of the molecule is CC1=CCCC(C)(C)C1CCC(C)N. The van der Waals surface area contributed by atoms with Crippen molar-refractivity contribution in [2.75, 3.05) is 0 Å². The molecule has 0 amide bonds. The van der Waals surface area contributed by atoms with E-state index < -0.39 is 0 Å². The van der Waals surface area contributed by atoms with Crippen LogP contribution in [-0.4, -0.2) is 6.04 Å². The van der Waals surface area contributed by atoms with Crippen LogP contribution in [0.4, 0.5) is 0 Å². The minimum atomic E-state index is 0.348. The largest absolute Gasteiger partial charge is 0.328 e. The van der Waals surface area contributed by atoms with E-state index in [1.165, 1.54) is 19.3 Å². The van der Waals surface area contributed by atoms with Crippen molar-refractivity contribution in [2.24, 2.45) is 17.1 Å². The van der Waals surface area contributed by atoms with E-state index in [4.69, 9.17) is 5.73 Å². The number of rotatable bonds is 3. The van der Waals surface area contributed by atoms with Gasteiger partial charge in [-0.15, -0.1) is 0 Å². The van der Waals surface area contributed by atoms with Crippen molar-refractivity contribution in [3.05, 3.63) is 11.6 Å². The van der Waals surface area contributed by atoms with Gasteiger partial charge in [-0.25, -0.2) is 0 Å². The van der Waals surface area contributed by atoms with Gasteiger partial charge in [-0.05, 0) is 50.9 Å². The molecule has 2 unspecified atom stereocenters. The first kappa shape index (κ1) is 11.8. The highest BCUT2D eigenvalue weighted by molar-refractivity contribution is 5.11. The van der Waals surface area contributed by atoms with E-state index in [2.05, 4.69) is 33.8 Å². The summed E-state index contributed by atoms with van der Waals surface area (Å²) in [5, 5.41) is 0. The van der Waals surface area contributed by atoms with Crippen molar-refractivity contribution in [1.29, 1.82) is 0 Å². The molecule has 0 aromatic heterocycles. The van der Waals surface area contributed by atoms with Crippen LogP contribution in [0.5, 0.6) is 0 Å². The Kier molecular flexibility index (Phi) is 3.77. The molecule has 0 aromatic carbocycles. The maximum atomic E-state index is 5.82. The van der Waals surface area contributed by atoms with Gasteiger partial charge in [-0.3, -0.25) is 0 Å². The first-order valence-electron chi connectivity index (χ1n) is 5.86. The van der Waals surface area contributed by atoms with Gasteiger partial charge in [0, 0.05) is 6.04 Å². The molecule has 0 saturated heterocycles. The van der Waals surface area contributed by atoms with Crippen LogP contribution in [-0.2, 0) is 0 Å². The lowest BCUT2D eigenvalue weighted by molar-refractivity contribution is 0.198. The zero-order valence-electron chi connectivity index (χ0n) is 10.1. The normalized spacial score (nSPS) is 28.4. The third kappa shape index (κ3) is 2.84. The van der Waals surface area contributed by atoms with Gasteiger partial charge in [0.15, 0.2) is 0 Å². The van der Waals surface area contributed by atoms with E-state index in [9.17, 15) is 0 Å². The highest BCUT2D eigenvalue weighted by Gasteiger charge is 2.32. The molecule has 82 valence electrons. The Labute approximate surface area is 88.8 Å². The molecule has 0 radical (unpaired) electrons. The molecule has 1 rings (SSSR count). The monoisotopic (exact) mass is 195 g/mol. The van der Waals surface area contributed by atoms with Gasteiger partial charge in [0.25, 0.3) is 0 Å². The molecule has 0 saturated carbocycles. The summed E-state index contributed by atoms with van der Waals surface area (Å²) in [5.41, 5.74) is 7.89. The van der Waals surface area contributed by atoms with Crippen LogP contribution < -0.4 is 5.73 Å². The molecule has 2 atom stereocenters. The van der Waals surface area contributed by atoms with Crippen molar-refractivity contribution in [1.82, 2.24) is 0 Å². The van der Waals surface area contributed by atoms with E-state index in [0.29, 0.717) is 11.5 Å². The molecule has 0 fully saturated rings. The summed E-state index contributed by atoms with van der Waals surface area (Å²) in [4.78, 5) is 0. The summed E-state index contributed by atoms with van der Waals surface area (Å²) in [5.74, 6) is 0.752. The Hall–Kier alpha value is -0.300. The molecule has 0 heterocycles. The molecule has 1 heteroatoms. The molecule has 14 heavy (non-hydrogen) atoms. The number of nitrogens with two attached hydrogens (primary N) is 1. The van der Waals surface area contributed by atoms with Crippen molar-refractivity contribution < 1.29 is 0 Å². The Morgan fingerprint density at radius 3 is 2.71 bits per heavy atom. The minimum absolute atomic E-state index is 0.348. The maximum Gasteiger partial charge on any atom is 0.00106 e. The van der Waals surface area contributed by atoms with E-state index in [1.54, 1.807) is 5.57 Å². The molecule has 1 aliphatic rings. The van der Waals surface area contributed by atoms with Crippen LogP contribution in [0.3, 0.4) is 0 Å². The average Bonchev–Trinajstić information content (AvgIpc) is 2.01. The zero-order valence-corrected chi connectivity index (χ0v) is 10.1. The zero-order chi connectivity index (χ0) is 10.8. The van der Waals surface area contributed by atoms with Crippen molar-refractivity contribution >= 4 is 0 Å². The molecule has 0 bridgehead atoms. The second-order valence-electron chi connectivity index (χ2n) is 5.58. The maximum absolute atomic E-state index is 5.82. The summed E-state index contributed by atoms with van der Waals surface area (Å²) in [7, 11) is 0. The van der Waals surface area contributed by atoms with Gasteiger partial charge in [0.2, 0.25) is 0 Å². The van der Waals surface area contributed by atoms with Gasteiger partial charge >= 0.3 is 0 Å². The van der Waals surface area contributed by atoms with Crippen LogP contribution in [0.2, 0.25) is 0 Å². The Morgan fingerprint density at radius 2 is 2.21 bits per heavy atom. The van der Waals surface area contributed by atoms with E-state index >= 15 is 0 Å². The van der Waals surface area contributed by atoms with Crippen LogP contribution in [0, 0.1) is 11.3 Å². The fourth-order valence-corrected chi connectivity index (χ4v) is 2.65. The Bertz CT molecular complexity index is 213. The second-order valence-corrected chi connectivity index (χ2v) is 5.58. The number of allylic oxidation sites excluding steroid dienone is 2. The van der Waals surface area contributed by atoms with Crippen LogP contribution in [0.15, 0.2) is 11.6 Å².